The molecule has 0 aliphatic carbocycles. The van der Waals surface area contributed by atoms with Crippen LogP contribution in [0.3, 0.4) is 0 Å². The summed E-state index contributed by atoms with van der Waals surface area (Å²) >= 11 is 0. The molecule has 1 rings (SSSR count). The Kier molecular flexibility index (Phi) is 8.86. The number of hydrogen-bond acceptors (Lipinski definition) is 3. The number of carbonyl (C=O) groups is 1. The molecule has 0 radical (unpaired) electrons. The van der Waals surface area contributed by atoms with E-state index in [4.69, 9.17) is 0 Å². The Hall–Kier alpha value is -2.08. The summed E-state index contributed by atoms with van der Waals surface area (Å²) in [4.78, 5) is 20.3. The highest BCUT2D eigenvalue weighted by Gasteiger charge is 2.07. The molecule has 1 amide bonds. The molecule has 0 atom stereocenters. The molecule has 6 heteroatoms. The highest BCUT2D eigenvalue weighted by molar-refractivity contribution is 5.93. The fraction of sp³-hybridized carbons (Fsp3) is 0.556. The van der Waals surface area contributed by atoms with Crippen molar-refractivity contribution in [1.29, 1.82) is 0 Å². The SMILES string of the molecule is CCNC(=NCc1ccc(C(=O)N(C)C)cc1)NCCN(C)CC. The van der Waals surface area contributed by atoms with Crippen LogP contribution in [-0.4, -0.2) is 69.0 Å². The van der Waals surface area contributed by atoms with E-state index in [1.165, 1.54) is 0 Å². The lowest BCUT2D eigenvalue weighted by atomic mass is 10.1. The first-order chi connectivity index (χ1) is 11.5. The van der Waals surface area contributed by atoms with Crippen LogP contribution in [0.2, 0.25) is 0 Å². The molecule has 6 nitrogen and oxygen atoms in total. The summed E-state index contributed by atoms with van der Waals surface area (Å²) in [6.45, 7) is 8.46. The number of benzene rings is 1. The second kappa shape index (κ2) is 10.6. The van der Waals surface area contributed by atoms with E-state index in [1.54, 1.807) is 19.0 Å². The van der Waals surface area contributed by atoms with Gasteiger partial charge in [0.1, 0.15) is 0 Å². The summed E-state index contributed by atoms with van der Waals surface area (Å²) in [5.74, 6) is 0.829. The molecule has 2 N–H and O–H groups in total. The summed E-state index contributed by atoms with van der Waals surface area (Å²) in [5.41, 5.74) is 1.77. The molecule has 0 heterocycles. The van der Waals surface area contributed by atoms with Crippen molar-refractivity contribution in [2.75, 3.05) is 47.3 Å². The monoisotopic (exact) mass is 333 g/mol. The van der Waals surface area contributed by atoms with Crippen LogP contribution >= 0.6 is 0 Å². The van der Waals surface area contributed by atoms with E-state index in [9.17, 15) is 4.79 Å². The normalized spacial score (nSPS) is 11.5. The van der Waals surface area contributed by atoms with Crippen LogP contribution in [0.25, 0.3) is 0 Å². The summed E-state index contributed by atoms with van der Waals surface area (Å²) < 4.78 is 0. The Morgan fingerprint density at radius 1 is 1.08 bits per heavy atom. The Morgan fingerprint density at radius 3 is 2.29 bits per heavy atom. The molecule has 0 spiro atoms. The van der Waals surface area contributed by atoms with Crippen LogP contribution in [0.15, 0.2) is 29.3 Å². The third-order valence-corrected chi connectivity index (χ3v) is 3.70. The average molecular weight is 333 g/mol. The number of carbonyl (C=O) groups excluding carboxylic acids is 1. The van der Waals surface area contributed by atoms with Gasteiger partial charge in [-0.3, -0.25) is 4.79 Å². The minimum Gasteiger partial charge on any atom is -0.357 e. The molecule has 1 aromatic carbocycles. The molecule has 0 bridgehead atoms. The maximum Gasteiger partial charge on any atom is 0.253 e. The van der Waals surface area contributed by atoms with Crippen molar-refractivity contribution < 1.29 is 4.79 Å². The van der Waals surface area contributed by atoms with Gasteiger partial charge in [0.2, 0.25) is 0 Å². The molecule has 0 fully saturated rings. The van der Waals surface area contributed by atoms with Crippen molar-refractivity contribution in [2.24, 2.45) is 4.99 Å². The van der Waals surface area contributed by atoms with Gasteiger partial charge in [0.15, 0.2) is 5.96 Å². The van der Waals surface area contributed by atoms with Gasteiger partial charge in [-0.2, -0.15) is 0 Å². The smallest absolute Gasteiger partial charge is 0.253 e. The summed E-state index contributed by atoms with van der Waals surface area (Å²) in [6, 6.07) is 7.61. The van der Waals surface area contributed by atoms with Crippen molar-refractivity contribution in [1.82, 2.24) is 20.4 Å². The lowest BCUT2D eigenvalue weighted by Crippen LogP contribution is -2.40. The van der Waals surface area contributed by atoms with E-state index >= 15 is 0 Å². The van der Waals surface area contributed by atoms with Crippen molar-refractivity contribution in [3.8, 4) is 0 Å². The van der Waals surface area contributed by atoms with Crippen LogP contribution in [-0.2, 0) is 6.54 Å². The molecule has 0 saturated carbocycles. The quantitative estimate of drug-likeness (QED) is 0.558. The highest BCUT2D eigenvalue weighted by atomic mass is 16.2. The molecule has 134 valence electrons. The van der Waals surface area contributed by atoms with Gasteiger partial charge >= 0.3 is 0 Å². The zero-order chi connectivity index (χ0) is 17.9. The summed E-state index contributed by atoms with van der Waals surface area (Å²) in [5, 5.41) is 6.59. The number of nitrogens with one attached hydrogen (secondary N) is 2. The number of guanidine groups is 1. The molecule has 0 aromatic heterocycles. The van der Waals surface area contributed by atoms with Crippen molar-refractivity contribution in [3.05, 3.63) is 35.4 Å². The van der Waals surface area contributed by atoms with Gasteiger partial charge < -0.3 is 20.4 Å². The van der Waals surface area contributed by atoms with Gasteiger partial charge in [-0.15, -0.1) is 0 Å². The van der Waals surface area contributed by atoms with Crippen molar-refractivity contribution >= 4 is 11.9 Å². The van der Waals surface area contributed by atoms with Crippen LogP contribution in [0.5, 0.6) is 0 Å². The molecular weight excluding hydrogens is 302 g/mol. The van der Waals surface area contributed by atoms with E-state index in [0.717, 1.165) is 37.7 Å². The first kappa shape index (κ1) is 20.0. The third kappa shape index (κ3) is 7.00. The van der Waals surface area contributed by atoms with Crippen LogP contribution in [0.1, 0.15) is 29.8 Å². The fourth-order valence-corrected chi connectivity index (χ4v) is 2.05. The molecule has 0 saturated heterocycles. The van der Waals surface area contributed by atoms with Gasteiger partial charge in [0, 0.05) is 39.3 Å². The molecule has 0 unspecified atom stereocenters. The Labute approximate surface area is 145 Å². The fourth-order valence-electron chi connectivity index (χ4n) is 2.05. The lowest BCUT2D eigenvalue weighted by Gasteiger charge is -2.16. The second-order valence-corrected chi connectivity index (χ2v) is 5.91. The molecule has 0 aliphatic rings. The van der Waals surface area contributed by atoms with E-state index in [2.05, 4.69) is 41.4 Å². The van der Waals surface area contributed by atoms with Gasteiger partial charge in [-0.05, 0) is 38.2 Å². The first-order valence-electron chi connectivity index (χ1n) is 8.49. The molecule has 24 heavy (non-hydrogen) atoms. The Balaban J connectivity index is 2.60. The average Bonchev–Trinajstić information content (AvgIpc) is 2.59. The zero-order valence-electron chi connectivity index (χ0n) is 15.6. The number of aliphatic imine (C=N–C) groups is 1. The molecule has 1 aromatic rings. The van der Waals surface area contributed by atoms with E-state index in [-0.39, 0.29) is 5.91 Å². The molecule has 0 aliphatic heterocycles. The van der Waals surface area contributed by atoms with E-state index in [1.807, 2.05) is 24.3 Å². The van der Waals surface area contributed by atoms with E-state index in [0.29, 0.717) is 12.1 Å². The van der Waals surface area contributed by atoms with Gasteiger partial charge in [0.25, 0.3) is 5.91 Å². The lowest BCUT2D eigenvalue weighted by molar-refractivity contribution is 0.0827. The first-order valence-corrected chi connectivity index (χ1v) is 8.49. The largest absolute Gasteiger partial charge is 0.357 e. The molecular formula is C18H31N5O. The summed E-state index contributed by atoms with van der Waals surface area (Å²) in [7, 11) is 5.61. The predicted octanol–water partition coefficient (Wildman–Crippen LogP) is 1.40. The van der Waals surface area contributed by atoms with Gasteiger partial charge in [-0.25, -0.2) is 4.99 Å². The van der Waals surface area contributed by atoms with Crippen LogP contribution < -0.4 is 10.6 Å². The van der Waals surface area contributed by atoms with E-state index < -0.39 is 0 Å². The maximum absolute atomic E-state index is 11.9. The van der Waals surface area contributed by atoms with Crippen LogP contribution in [0.4, 0.5) is 0 Å². The second-order valence-electron chi connectivity index (χ2n) is 5.91. The number of rotatable bonds is 8. The van der Waals surface area contributed by atoms with Gasteiger partial charge in [0.05, 0.1) is 6.54 Å². The van der Waals surface area contributed by atoms with Crippen molar-refractivity contribution in [2.45, 2.75) is 20.4 Å². The predicted molar refractivity (Wildman–Crippen MR) is 100 cm³/mol. The number of hydrogen-bond donors (Lipinski definition) is 2. The Bertz CT molecular complexity index is 525. The van der Waals surface area contributed by atoms with Gasteiger partial charge in [-0.1, -0.05) is 19.1 Å². The van der Waals surface area contributed by atoms with Crippen molar-refractivity contribution in [3.63, 3.8) is 0 Å². The topological polar surface area (TPSA) is 60.0 Å². The number of nitrogens with zero attached hydrogens (tertiary/aromatic N) is 3. The summed E-state index contributed by atoms with van der Waals surface area (Å²) in [6.07, 6.45) is 0. The standard InChI is InChI=1S/C18H31N5O/c1-6-19-18(20-12-13-23(5)7-2)21-14-15-8-10-16(11-9-15)17(24)22(3)4/h8-11H,6-7,12-14H2,1-5H3,(H2,19,20,21). The number of likely N-dealkylation sites (N-methyl/N-ethyl adjacent to an activating group) is 1. The number of amides is 1. The van der Waals surface area contributed by atoms with Crippen LogP contribution in [0, 0.1) is 0 Å². The minimum atomic E-state index is 0.0140. The highest BCUT2D eigenvalue weighted by Crippen LogP contribution is 2.07. The minimum absolute atomic E-state index is 0.0140. The Morgan fingerprint density at radius 2 is 1.75 bits per heavy atom. The maximum atomic E-state index is 11.9. The zero-order valence-corrected chi connectivity index (χ0v) is 15.6. The third-order valence-electron chi connectivity index (χ3n) is 3.70.